The number of likely N-dealkylation sites (tertiary alicyclic amines) is 1. The molecule has 2 bridgehead atoms. The van der Waals surface area contributed by atoms with Crippen molar-refractivity contribution < 1.29 is 14.1 Å². The molecule has 1 aliphatic heterocycles. The highest BCUT2D eigenvalue weighted by molar-refractivity contribution is 5.92. The van der Waals surface area contributed by atoms with E-state index >= 15 is 0 Å². The number of hydrogen-bond donors (Lipinski definition) is 0. The van der Waals surface area contributed by atoms with Gasteiger partial charge in [0.15, 0.2) is 11.5 Å². The van der Waals surface area contributed by atoms with E-state index in [1.807, 2.05) is 35.2 Å². The molecular weight excluding hydrogens is 342 g/mol. The fourth-order valence-electron chi connectivity index (χ4n) is 4.31. The number of carbonyl (C=O) groups excluding carboxylic acids is 1. The van der Waals surface area contributed by atoms with Crippen LogP contribution < -0.4 is 4.74 Å². The van der Waals surface area contributed by atoms with Crippen molar-refractivity contribution in [2.24, 2.45) is 5.92 Å². The standard InChI is InChI=1S/C21H21N3O3/c25-21(24-12-14-3-1-5-16(24)9-14)20-11-18(27-23-20)13-26-17-6-7-19-15(10-17)4-2-8-22-19/h2,4,6-8,10-11,14,16H,1,3,5,9,12-13H2/t14-,16+/m1/s1. The van der Waals surface area contributed by atoms with Crippen molar-refractivity contribution in [3.8, 4) is 5.75 Å². The zero-order valence-electron chi connectivity index (χ0n) is 15.0. The third-order valence-electron chi connectivity index (χ3n) is 5.65. The molecule has 6 heteroatoms. The Balaban J connectivity index is 1.25. The molecule has 1 saturated heterocycles. The van der Waals surface area contributed by atoms with Crippen LogP contribution in [0.15, 0.2) is 47.1 Å². The summed E-state index contributed by atoms with van der Waals surface area (Å²) in [6.45, 7) is 1.09. The minimum atomic E-state index is -0.0174. The SMILES string of the molecule is O=C(c1cc(COc2ccc3ncccc3c2)on1)N1C[C@@H]2CCC[C@H]1C2. The fraction of sp³-hybridized carbons (Fsp3) is 0.381. The molecule has 2 atom stereocenters. The van der Waals surface area contributed by atoms with E-state index in [2.05, 4.69) is 10.1 Å². The summed E-state index contributed by atoms with van der Waals surface area (Å²) in [6, 6.07) is 11.7. The van der Waals surface area contributed by atoms with E-state index in [0.717, 1.165) is 36.0 Å². The maximum atomic E-state index is 12.8. The number of fused-ring (bicyclic) bond motifs is 3. The highest BCUT2D eigenvalue weighted by Crippen LogP contribution is 2.36. The molecule has 2 fully saturated rings. The third kappa shape index (κ3) is 3.16. The van der Waals surface area contributed by atoms with Gasteiger partial charge in [0.2, 0.25) is 0 Å². The molecule has 6 nitrogen and oxygen atoms in total. The molecule has 0 unspecified atom stereocenters. The number of rotatable bonds is 4. The van der Waals surface area contributed by atoms with Gasteiger partial charge in [0.25, 0.3) is 5.91 Å². The second-order valence-electron chi connectivity index (χ2n) is 7.47. The van der Waals surface area contributed by atoms with Gasteiger partial charge in [-0.25, -0.2) is 0 Å². The number of benzene rings is 1. The van der Waals surface area contributed by atoms with E-state index in [-0.39, 0.29) is 12.5 Å². The largest absolute Gasteiger partial charge is 0.486 e. The molecule has 1 aromatic carbocycles. The van der Waals surface area contributed by atoms with Crippen LogP contribution >= 0.6 is 0 Å². The Labute approximate surface area is 157 Å². The quantitative estimate of drug-likeness (QED) is 0.705. The lowest BCUT2D eigenvalue weighted by Crippen LogP contribution is -2.35. The normalized spacial score (nSPS) is 21.6. The van der Waals surface area contributed by atoms with Gasteiger partial charge in [0.05, 0.1) is 5.52 Å². The topological polar surface area (TPSA) is 68.5 Å². The smallest absolute Gasteiger partial charge is 0.276 e. The summed E-state index contributed by atoms with van der Waals surface area (Å²) in [5.74, 6) is 1.92. The van der Waals surface area contributed by atoms with Crippen LogP contribution in [0.2, 0.25) is 0 Å². The van der Waals surface area contributed by atoms with Crippen molar-refractivity contribution in [1.82, 2.24) is 15.0 Å². The number of nitrogens with zero attached hydrogens (tertiary/aromatic N) is 3. The zero-order valence-corrected chi connectivity index (χ0v) is 15.0. The first-order valence-corrected chi connectivity index (χ1v) is 9.50. The maximum absolute atomic E-state index is 12.8. The van der Waals surface area contributed by atoms with Crippen LogP contribution in [-0.4, -0.2) is 33.5 Å². The number of aromatic nitrogens is 2. The number of hydrogen-bond acceptors (Lipinski definition) is 5. The van der Waals surface area contributed by atoms with Crippen LogP contribution in [0.3, 0.4) is 0 Å². The average Bonchev–Trinajstić information content (AvgIpc) is 3.30. The molecule has 1 saturated carbocycles. The molecule has 3 heterocycles. The molecule has 5 rings (SSSR count). The Bertz CT molecular complexity index is 983. The lowest BCUT2D eigenvalue weighted by atomic mass is 9.90. The molecule has 3 aromatic rings. The van der Waals surface area contributed by atoms with Gasteiger partial charge in [-0.3, -0.25) is 9.78 Å². The van der Waals surface area contributed by atoms with Crippen LogP contribution in [0, 0.1) is 5.92 Å². The lowest BCUT2D eigenvalue weighted by molar-refractivity contribution is 0.0722. The van der Waals surface area contributed by atoms with Gasteiger partial charge in [0.1, 0.15) is 12.4 Å². The predicted molar refractivity (Wildman–Crippen MR) is 99.4 cm³/mol. The summed E-state index contributed by atoms with van der Waals surface area (Å²) >= 11 is 0. The van der Waals surface area contributed by atoms with Crippen LogP contribution in [-0.2, 0) is 6.61 Å². The maximum Gasteiger partial charge on any atom is 0.276 e. The van der Waals surface area contributed by atoms with E-state index in [1.165, 1.54) is 12.8 Å². The van der Waals surface area contributed by atoms with E-state index in [9.17, 15) is 4.79 Å². The van der Waals surface area contributed by atoms with Crippen molar-refractivity contribution in [1.29, 1.82) is 0 Å². The molecule has 0 spiro atoms. The van der Waals surface area contributed by atoms with Gasteiger partial charge < -0.3 is 14.2 Å². The number of pyridine rings is 1. The molecule has 2 aromatic heterocycles. The van der Waals surface area contributed by atoms with Crippen LogP contribution in [0.5, 0.6) is 5.75 Å². The molecule has 138 valence electrons. The molecular formula is C21H21N3O3. The molecule has 27 heavy (non-hydrogen) atoms. The summed E-state index contributed by atoms with van der Waals surface area (Å²) in [4.78, 5) is 19.1. The van der Waals surface area contributed by atoms with Crippen molar-refractivity contribution in [3.05, 3.63) is 54.0 Å². The van der Waals surface area contributed by atoms with E-state index < -0.39 is 0 Å². The van der Waals surface area contributed by atoms with Crippen molar-refractivity contribution in [3.63, 3.8) is 0 Å². The Kier molecular flexibility index (Phi) is 4.03. The first kappa shape index (κ1) is 16.3. The zero-order chi connectivity index (χ0) is 18.2. The van der Waals surface area contributed by atoms with E-state index in [4.69, 9.17) is 9.26 Å². The van der Waals surface area contributed by atoms with Crippen LogP contribution in [0.4, 0.5) is 0 Å². The molecule has 0 radical (unpaired) electrons. The molecule has 2 aliphatic rings. The van der Waals surface area contributed by atoms with Crippen molar-refractivity contribution >= 4 is 16.8 Å². The van der Waals surface area contributed by atoms with Gasteiger partial charge in [-0.15, -0.1) is 0 Å². The highest BCUT2D eigenvalue weighted by atomic mass is 16.5. The second kappa shape index (κ2) is 6.68. The summed E-state index contributed by atoms with van der Waals surface area (Å²) in [5, 5.41) is 5.00. The third-order valence-corrected chi connectivity index (χ3v) is 5.65. The first-order valence-electron chi connectivity index (χ1n) is 9.50. The Morgan fingerprint density at radius 1 is 1.26 bits per heavy atom. The Morgan fingerprint density at radius 3 is 3.15 bits per heavy atom. The fourth-order valence-corrected chi connectivity index (χ4v) is 4.31. The summed E-state index contributed by atoms with van der Waals surface area (Å²) in [5.41, 5.74) is 1.30. The first-order chi connectivity index (χ1) is 13.3. The predicted octanol–water partition coefficient (Wildman–Crippen LogP) is 3.82. The molecule has 1 aliphatic carbocycles. The van der Waals surface area contributed by atoms with E-state index in [0.29, 0.717) is 23.4 Å². The van der Waals surface area contributed by atoms with Crippen molar-refractivity contribution in [2.45, 2.75) is 38.3 Å². The Hall–Kier alpha value is -2.89. The van der Waals surface area contributed by atoms with E-state index in [1.54, 1.807) is 12.3 Å². The van der Waals surface area contributed by atoms with Gasteiger partial charge in [-0.2, -0.15) is 0 Å². The monoisotopic (exact) mass is 363 g/mol. The number of amides is 1. The van der Waals surface area contributed by atoms with Gasteiger partial charge in [-0.1, -0.05) is 17.6 Å². The van der Waals surface area contributed by atoms with Crippen molar-refractivity contribution in [2.75, 3.05) is 6.54 Å². The number of carbonyl (C=O) groups is 1. The van der Waals surface area contributed by atoms with Gasteiger partial charge >= 0.3 is 0 Å². The minimum Gasteiger partial charge on any atom is -0.486 e. The molecule has 0 N–H and O–H groups in total. The number of ether oxygens (including phenoxy) is 1. The van der Waals surface area contributed by atoms with Crippen LogP contribution in [0.1, 0.15) is 41.9 Å². The Morgan fingerprint density at radius 2 is 2.22 bits per heavy atom. The van der Waals surface area contributed by atoms with Crippen LogP contribution in [0.25, 0.3) is 10.9 Å². The average molecular weight is 363 g/mol. The summed E-state index contributed by atoms with van der Waals surface area (Å²) < 4.78 is 11.1. The van der Waals surface area contributed by atoms with Gasteiger partial charge in [-0.05, 0) is 49.4 Å². The summed E-state index contributed by atoms with van der Waals surface area (Å²) in [7, 11) is 0. The lowest BCUT2D eigenvalue weighted by Gasteiger charge is -2.23. The minimum absolute atomic E-state index is 0.0174. The summed E-state index contributed by atoms with van der Waals surface area (Å²) in [6.07, 6.45) is 6.46. The molecule has 1 amide bonds. The highest BCUT2D eigenvalue weighted by Gasteiger charge is 2.38. The second-order valence-corrected chi connectivity index (χ2v) is 7.47. The van der Waals surface area contributed by atoms with Gasteiger partial charge in [0, 0.05) is 30.2 Å².